The molecule has 32 heavy (non-hydrogen) atoms. The Kier molecular flexibility index (Phi) is 5.99. The molecule has 1 aromatic heterocycles. The number of amides is 2. The second-order valence-corrected chi connectivity index (χ2v) is 8.32. The summed E-state index contributed by atoms with van der Waals surface area (Å²) in [5, 5.41) is 2.49. The maximum Gasteiger partial charge on any atom is 0.275 e. The van der Waals surface area contributed by atoms with Gasteiger partial charge in [-0.3, -0.25) is 14.4 Å². The Morgan fingerprint density at radius 1 is 1.22 bits per heavy atom. The van der Waals surface area contributed by atoms with Gasteiger partial charge in [-0.05, 0) is 25.8 Å². The molecule has 7 nitrogen and oxygen atoms in total. The summed E-state index contributed by atoms with van der Waals surface area (Å²) in [6.45, 7) is 2.24. The van der Waals surface area contributed by atoms with Gasteiger partial charge in [0.1, 0.15) is 17.2 Å². The number of ether oxygens (including phenoxy) is 1. The van der Waals surface area contributed by atoms with Crippen LogP contribution in [-0.2, 0) is 13.1 Å². The minimum atomic E-state index is -0.793. The number of pyridine rings is 1. The molecular formula is C23H25F2N3O4. The molecule has 2 aliphatic rings. The Bertz CT molecular complexity index is 1130. The van der Waals surface area contributed by atoms with Crippen molar-refractivity contribution in [2.45, 2.75) is 57.8 Å². The predicted molar refractivity (Wildman–Crippen MR) is 113 cm³/mol. The van der Waals surface area contributed by atoms with Crippen LogP contribution in [-0.4, -0.2) is 40.5 Å². The highest BCUT2D eigenvalue weighted by molar-refractivity contribution is 5.99. The van der Waals surface area contributed by atoms with Crippen molar-refractivity contribution in [3.63, 3.8) is 0 Å². The van der Waals surface area contributed by atoms with E-state index in [0.29, 0.717) is 6.54 Å². The van der Waals surface area contributed by atoms with E-state index in [0.717, 1.165) is 37.8 Å². The molecule has 0 radical (unpaired) electrons. The van der Waals surface area contributed by atoms with E-state index in [1.54, 1.807) is 4.57 Å². The number of aromatic nitrogens is 1. The summed E-state index contributed by atoms with van der Waals surface area (Å²) in [4.78, 5) is 40.9. The zero-order valence-corrected chi connectivity index (χ0v) is 18.0. The van der Waals surface area contributed by atoms with Crippen molar-refractivity contribution >= 4 is 11.8 Å². The van der Waals surface area contributed by atoms with E-state index < -0.39 is 23.0 Å². The lowest BCUT2D eigenvalue weighted by Gasteiger charge is -2.40. The normalized spacial score (nSPS) is 20.2. The number of nitrogens with one attached hydrogen (secondary N) is 1. The van der Waals surface area contributed by atoms with Crippen LogP contribution in [0.25, 0.3) is 0 Å². The number of halogens is 2. The Hall–Kier alpha value is -3.23. The molecule has 2 atom stereocenters. The van der Waals surface area contributed by atoms with Gasteiger partial charge in [0, 0.05) is 37.0 Å². The maximum atomic E-state index is 13.9. The molecule has 3 heterocycles. The average molecular weight is 445 g/mol. The average Bonchev–Trinajstić information content (AvgIpc) is 2.94. The number of nitrogens with zero attached hydrogens (tertiary/aromatic N) is 2. The first kappa shape index (κ1) is 22.0. The smallest absolute Gasteiger partial charge is 0.275 e. The maximum absolute atomic E-state index is 13.9. The van der Waals surface area contributed by atoms with Crippen molar-refractivity contribution in [3.8, 4) is 5.75 Å². The topological polar surface area (TPSA) is 80.6 Å². The zero-order valence-electron chi connectivity index (χ0n) is 18.0. The molecule has 2 aliphatic heterocycles. The monoisotopic (exact) mass is 445 g/mol. The molecular weight excluding hydrogens is 420 g/mol. The van der Waals surface area contributed by atoms with E-state index in [9.17, 15) is 23.2 Å². The predicted octanol–water partition coefficient (Wildman–Crippen LogP) is 2.85. The number of carbonyl (C=O) groups excluding carboxylic acids is 2. The quantitative estimate of drug-likeness (QED) is 0.785. The Morgan fingerprint density at radius 3 is 2.69 bits per heavy atom. The van der Waals surface area contributed by atoms with Crippen LogP contribution in [0.4, 0.5) is 8.78 Å². The molecule has 170 valence electrons. The molecule has 0 bridgehead atoms. The molecule has 0 aliphatic carbocycles. The Labute approximate surface area is 184 Å². The number of rotatable bonds is 4. The summed E-state index contributed by atoms with van der Waals surface area (Å²) in [5.74, 6) is -2.69. The Morgan fingerprint density at radius 2 is 1.97 bits per heavy atom. The van der Waals surface area contributed by atoms with Crippen molar-refractivity contribution in [2.75, 3.05) is 7.11 Å². The van der Waals surface area contributed by atoms with Crippen LogP contribution in [0.3, 0.4) is 0 Å². The highest BCUT2D eigenvalue weighted by Crippen LogP contribution is 2.31. The summed E-state index contributed by atoms with van der Waals surface area (Å²) in [6.07, 6.45) is 5.15. The minimum absolute atomic E-state index is 0.0241. The molecule has 1 aromatic carbocycles. The molecule has 1 N–H and O–H groups in total. The Balaban J connectivity index is 1.67. The van der Waals surface area contributed by atoms with E-state index in [1.807, 2.05) is 11.8 Å². The number of methoxy groups -OCH3 is 1. The van der Waals surface area contributed by atoms with Crippen LogP contribution in [0.2, 0.25) is 0 Å². The fourth-order valence-corrected chi connectivity index (χ4v) is 4.64. The standard InChI is InChI=1S/C23H25F2N3O4/c1-13-5-3-4-6-16-11-27-12-17(20(29)21(32-2)19(27)23(31)28(13)16)22(30)26-10-14-7-8-15(24)9-18(14)25/h7-9,12-13,16H,3-6,10-11H2,1-2H3,(H,26,30)/t13-,16+/m1/s1. The largest absolute Gasteiger partial charge is 0.491 e. The van der Waals surface area contributed by atoms with Crippen LogP contribution in [0.5, 0.6) is 5.75 Å². The number of hydrogen-bond acceptors (Lipinski definition) is 4. The third-order valence-corrected chi connectivity index (χ3v) is 6.26. The first-order valence-electron chi connectivity index (χ1n) is 10.7. The van der Waals surface area contributed by atoms with Gasteiger partial charge in [0.15, 0.2) is 11.4 Å². The van der Waals surface area contributed by atoms with Gasteiger partial charge in [0.2, 0.25) is 5.43 Å². The number of hydrogen-bond donors (Lipinski definition) is 1. The van der Waals surface area contributed by atoms with Crippen molar-refractivity contribution < 1.29 is 23.1 Å². The van der Waals surface area contributed by atoms with Crippen LogP contribution in [0.15, 0.2) is 29.2 Å². The summed E-state index contributed by atoms with van der Waals surface area (Å²) in [6, 6.07) is 3.07. The fourth-order valence-electron chi connectivity index (χ4n) is 4.64. The van der Waals surface area contributed by atoms with Gasteiger partial charge in [0.25, 0.3) is 11.8 Å². The molecule has 1 fully saturated rings. The fraction of sp³-hybridized carbons (Fsp3) is 0.435. The van der Waals surface area contributed by atoms with E-state index in [-0.39, 0.29) is 47.1 Å². The molecule has 2 amide bonds. The number of carbonyl (C=O) groups is 2. The molecule has 4 rings (SSSR count). The lowest BCUT2D eigenvalue weighted by atomic mass is 10.0. The highest BCUT2D eigenvalue weighted by Gasteiger charge is 2.39. The molecule has 2 aromatic rings. The van der Waals surface area contributed by atoms with E-state index in [2.05, 4.69) is 5.32 Å². The first-order chi connectivity index (χ1) is 15.3. The van der Waals surface area contributed by atoms with Gasteiger partial charge in [-0.2, -0.15) is 0 Å². The molecule has 1 saturated heterocycles. The summed E-state index contributed by atoms with van der Waals surface area (Å²) in [7, 11) is 1.29. The molecule has 0 saturated carbocycles. The number of benzene rings is 1. The van der Waals surface area contributed by atoms with E-state index in [4.69, 9.17) is 4.74 Å². The second-order valence-electron chi connectivity index (χ2n) is 8.32. The summed E-state index contributed by atoms with van der Waals surface area (Å²) < 4.78 is 33.9. The van der Waals surface area contributed by atoms with Gasteiger partial charge in [-0.25, -0.2) is 8.78 Å². The minimum Gasteiger partial charge on any atom is -0.491 e. The first-order valence-corrected chi connectivity index (χ1v) is 10.7. The highest BCUT2D eigenvalue weighted by atomic mass is 19.1. The summed E-state index contributed by atoms with van der Waals surface area (Å²) in [5.41, 5.74) is -0.673. The van der Waals surface area contributed by atoms with Crippen LogP contribution < -0.4 is 15.5 Å². The van der Waals surface area contributed by atoms with Crippen LogP contribution in [0.1, 0.15) is 59.0 Å². The van der Waals surface area contributed by atoms with Crippen molar-refractivity contribution in [3.05, 3.63) is 63.1 Å². The van der Waals surface area contributed by atoms with Crippen LogP contribution >= 0.6 is 0 Å². The van der Waals surface area contributed by atoms with Crippen molar-refractivity contribution in [1.82, 2.24) is 14.8 Å². The van der Waals surface area contributed by atoms with Gasteiger partial charge in [0.05, 0.1) is 13.2 Å². The van der Waals surface area contributed by atoms with Gasteiger partial charge < -0.3 is 19.5 Å². The van der Waals surface area contributed by atoms with E-state index >= 15 is 0 Å². The molecule has 0 unspecified atom stereocenters. The van der Waals surface area contributed by atoms with Gasteiger partial charge in [-0.1, -0.05) is 18.9 Å². The third kappa shape index (κ3) is 3.87. The van der Waals surface area contributed by atoms with E-state index in [1.165, 1.54) is 19.4 Å². The molecule has 9 heteroatoms. The zero-order chi connectivity index (χ0) is 23.0. The van der Waals surface area contributed by atoms with Gasteiger partial charge >= 0.3 is 0 Å². The lowest BCUT2D eigenvalue weighted by molar-refractivity contribution is 0.0489. The van der Waals surface area contributed by atoms with Crippen molar-refractivity contribution in [2.24, 2.45) is 0 Å². The molecule has 0 spiro atoms. The third-order valence-electron chi connectivity index (χ3n) is 6.26. The SMILES string of the molecule is COc1c2n(cc(C(=O)NCc3ccc(F)cc3F)c1=O)C[C@@H]1CCCC[C@@H](C)N1C2=O. The second kappa shape index (κ2) is 8.72. The summed E-state index contributed by atoms with van der Waals surface area (Å²) >= 11 is 0. The lowest BCUT2D eigenvalue weighted by Crippen LogP contribution is -2.52. The van der Waals surface area contributed by atoms with Gasteiger partial charge in [-0.15, -0.1) is 0 Å². The number of fused-ring (bicyclic) bond motifs is 2. The van der Waals surface area contributed by atoms with Crippen LogP contribution in [0, 0.1) is 11.6 Å². The van der Waals surface area contributed by atoms with Crippen molar-refractivity contribution in [1.29, 1.82) is 0 Å².